The lowest BCUT2D eigenvalue weighted by molar-refractivity contribution is -0.918. The fourth-order valence-electron chi connectivity index (χ4n) is 3.42. The largest absolute Gasteiger partial charge is 0.457 e. The number of para-hydroxylation sites is 1. The number of nitrogens with zero attached hydrogens (tertiary/aromatic N) is 2. The minimum absolute atomic E-state index is 0.826. The normalized spacial score (nSPS) is 15.1. The monoisotopic (exact) mass is 372 g/mol. The molecule has 142 valence electrons. The van der Waals surface area contributed by atoms with E-state index in [0.717, 1.165) is 49.8 Å². The summed E-state index contributed by atoms with van der Waals surface area (Å²) in [5.41, 5.74) is 2.46. The molecule has 4 rings (SSSR count). The van der Waals surface area contributed by atoms with E-state index < -0.39 is 0 Å². The number of ether oxygens (including phenoxy) is 1. The Morgan fingerprint density at radius 3 is 2.25 bits per heavy atom. The summed E-state index contributed by atoms with van der Waals surface area (Å²) in [5, 5.41) is 6.85. The number of hydrazone groups is 1. The Bertz CT molecular complexity index is 888. The molecule has 0 amide bonds. The van der Waals surface area contributed by atoms with Crippen LogP contribution in [0.1, 0.15) is 11.1 Å². The first-order valence-corrected chi connectivity index (χ1v) is 9.84. The first-order valence-electron chi connectivity index (χ1n) is 9.84. The second-order valence-electron chi connectivity index (χ2n) is 7.10. The highest BCUT2D eigenvalue weighted by molar-refractivity contribution is 5.80. The minimum Gasteiger partial charge on any atom is -0.457 e. The van der Waals surface area contributed by atoms with Gasteiger partial charge in [-0.1, -0.05) is 60.7 Å². The lowest BCUT2D eigenvalue weighted by Gasteiger charge is -2.30. The van der Waals surface area contributed by atoms with Crippen molar-refractivity contribution in [2.75, 3.05) is 26.2 Å². The van der Waals surface area contributed by atoms with Crippen molar-refractivity contribution >= 4 is 6.21 Å². The van der Waals surface area contributed by atoms with Crippen molar-refractivity contribution in [1.29, 1.82) is 0 Å². The van der Waals surface area contributed by atoms with E-state index in [1.54, 1.807) is 4.90 Å². The molecule has 4 heteroatoms. The van der Waals surface area contributed by atoms with Gasteiger partial charge in [-0.25, -0.2) is 0 Å². The predicted molar refractivity (Wildman–Crippen MR) is 113 cm³/mol. The molecule has 0 aromatic heterocycles. The third-order valence-corrected chi connectivity index (χ3v) is 4.95. The molecule has 0 unspecified atom stereocenters. The lowest BCUT2D eigenvalue weighted by Crippen LogP contribution is -3.13. The molecule has 1 N–H and O–H groups in total. The van der Waals surface area contributed by atoms with Gasteiger partial charge in [-0.2, -0.15) is 5.10 Å². The zero-order valence-corrected chi connectivity index (χ0v) is 16.0. The van der Waals surface area contributed by atoms with Crippen molar-refractivity contribution in [2.45, 2.75) is 6.54 Å². The van der Waals surface area contributed by atoms with Crippen LogP contribution in [0.4, 0.5) is 0 Å². The van der Waals surface area contributed by atoms with Crippen LogP contribution in [-0.4, -0.2) is 37.4 Å². The Morgan fingerprint density at radius 2 is 1.50 bits per heavy atom. The Balaban J connectivity index is 1.30. The van der Waals surface area contributed by atoms with Crippen LogP contribution in [0.25, 0.3) is 0 Å². The highest BCUT2D eigenvalue weighted by Gasteiger charge is 2.18. The Morgan fingerprint density at radius 1 is 0.821 bits per heavy atom. The summed E-state index contributed by atoms with van der Waals surface area (Å²) in [7, 11) is 0. The van der Waals surface area contributed by atoms with Crippen LogP contribution in [-0.2, 0) is 6.54 Å². The van der Waals surface area contributed by atoms with Crippen molar-refractivity contribution in [2.24, 2.45) is 5.10 Å². The predicted octanol–water partition coefficient (Wildman–Crippen LogP) is 3.21. The van der Waals surface area contributed by atoms with Gasteiger partial charge in [0, 0.05) is 5.56 Å². The van der Waals surface area contributed by atoms with Gasteiger partial charge < -0.3 is 9.64 Å². The summed E-state index contributed by atoms with van der Waals surface area (Å²) >= 11 is 0. The number of quaternary nitrogens is 1. The molecule has 1 saturated heterocycles. The first kappa shape index (κ1) is 18.3. The summed E-state index contributed by atoms with van der Waals surface area (Å²) in [6, 6.07) is 28.6. The maximum atomic E-state index is 5.90. The van der Waals surface area contributed by atoms with E-state index >= 15 is 0 Å². The molecule has 1 heterocycles. The number of piperazine rings is 1. The third-order valence-electron chi connectivity index (χ3n) is 4.95. The van der Waals surface area contributed by atoms with E-state index in [1.165, 1.54) is 5.56 Å². The summed E-state index contributed by atoms with van der Waals surface area (Å²) in [6.07, 6.45) is 1.93. The SMILES string of the molecule is C(=N/N1CC[NH+](Cc2ccccc2)CC1)/c1cccc(Oc2ccccc2)c1. The highest BCUT2D eigenvalue weighted by atomic mass is 16.5. The molecule has 4 nitrogen and oxygen atoms in total. The zero-order chi connectivity index (χ0) is 19.0. The average Bonchev–Trinajstić information content (AvgIpc) is 2.75. The van der Waals surface area contributed by atoms with Crippen LogP contribution in [0, 0.1) is 0 Å². The zero-order valence-electron chi connectivity index (χ0n) is 16.0. The standard InChI is InChI=1S/C24H25N3O/c1-3-8-21(9-4-1)20-26-14-16-27(17-15-26)25-19-22-10-7-13-24(18-22)28-23-11-5-2-6-12-23/h1-13,18-19H,14-17,20H2/p+1/b25-19-. The second kappa shape index (κ2) is 9.20. The summed E-state index contributed by atoms with van der Waals surface area (Å²) in [6.45, 7) is 5.29. The number of rotatable bonds is 6. The number of hydrogen-bond donors (Lipinski definition) is 1. The van der Waals surface area contributed by atoms with Crippen molar-refractivity contribution in [3.8, 4) is 11.5 Å². The molecule has 3 aromatic carbocycles. The highest BCUT2D eigenvalue weighted by Crippen LogP contribution is 2.21. The molecule has 0 atom stereocenters. The summed E-state index contributed by atoms with van der Waals surface area (Å²) in [5.74, 6) is 1.67. The van der Waals surface area contributed by atoms with Crippen LogP contribution in [0.5, 0.6) is 11.5 Å². The molecule has 1 aliphatic rings. The van der Waals surface area contributed by atoms with E-state index in [0.29, 0.717) is 0 Å². The molecule has 0 spiro atoms. The quantitative estimate of drug-likeness (QED) is 0.673. The maximum Gasteiger partial charge on any atom is 0.128 e. The van der Waals surface area contributed by atoms with Gasteiger partial charge in [0.1, 0.15) is 18.0 Å². The molecule has 1 fully saturated rings. The third kappa shape index (κ3) is 5.21. The number of hydrogen-bond acceptors (Lipinski definition) is 3. The van der Waals surface area contributed by atoms with Crippen LogP contribution in [0.15, 0.2) is 90.0 Å². The second-order valence-corrected chi connectivity index (χ2v) is 7.10. The van der Waals surface area contributed by atoms with Gasteiger partial charge in [0.2, 0.25) is 0 Å². The molecular weight excluding hydrogens is 346 g/mol. The van der Waals surface area contributed by atoms with Crippen LogP contribution in [0.2, 0.25) is 0 Å². The van der Waals surface area contributed by atoms with Crippen LogP contribution < -0.4 is 9.64 Å². The van der Waals surface area contributed by atoms with Crippen molar-refractivity contribution in [3.63, 3.8) is 0 Å². The van der Waals surface area contributed by atoms with E-state index in [-0.39, 0.29) is 0 Å². The van der Waals surface area contributed by atoms with Crippen molar-refractivity contribution in [1.82, 2.24) is 5.01 Å². The summed E-state index contributed by atoms with van der Waals surface area (Å²) in [4.78, 5) is 1.62. The molecule has 0 radical (unpaired) electrons. The van der Waals surface area contributed by atoms with Crippen LogP contribution in [0.3, 0.4) is 0 Å². The fourth-order valence-corrected chi connectivity index (χ4v) is 3.42. The molecule has 0 bridgehead atoms. The minimum atomic E-state index is 0.826. The van der Waals surface area contributed by atoms with Gasteiger partial charge in [0.15, 0.2) is 0 Å². The van der Waals surface area contributed by atoms with Gasteiger partial charge in [-0.15, -0.1) is 0 Å². The molecular formula is C24H26N3O+. The average molecular weight is 372 g/mol. The Labute approximate surface area is 166 Å². The molecule has 1 aliphatic heterocycles. The Hall–Kier alpha value is -3.11. The maximum absolute atomic E-state index is 5.90. The van der Waals surface area contributed by atoms with E-state index in [9.17, 15) is 0 Å². The van der Waals surface area contributed by atoms with Crippen molar-refractivity contribution < 1.29 is 9.64 Å². The lowest BCUT2D eigenvalue weighted by atomic mass is 10.2. The molecule has 3 aromatic rings. The van der Waals surface area contributed by atoms with E-state index in [2.05, 4.69) is 46.5 Å². The van der Waals surface area contributed by atoms with Crippen molar-refractivity contribution in [3.05, 3.63) is 96.1 Å². The molecule has 0 saturated carbocycles. The van der Waals surface area contributed by atoms with Gasteiger partial charge in [-0.05, 0) is 29.8 Å². The van der Waals surface area contributed by atoms with Gasteiger partial charge >= 0.3 is 0 Å². The van der Waals surface area contributed by atoms with Gasteiger partial charge in [-0.3, -0.25) is 5.01 Å². The van der Waals surface area contributed by atoms with Gasteiger partial charge in [0.25, 0.3) is 0 Å². The number of nitrogens with one attached hydrogen (secondary N) is 1. The van der Waals surface area contributed by atoms with E-state index in [1.807, 2.05) is 54.7 Å². The number of benzene rings is 3. The Kier molecular flexibility index (Phi) is 6.00. The summed E-state index contributed by atoms with van der Waals surface area (Å²) < 4.78 is 5.90. The molecule has 28 heavy (non-hydrogen) atoms. The smallest absolute Gasteiger partial charge is 0.128 e. The topological polar surface area (TPSA) is 29.3 Å². The van der Waals surface area contributed by atoms with E-state index in [4.69, 9.17) is 4.74 Å². The van der Waals surface area contributed by atoms with Crippen LogP contribution >= 0.6 is 0 Å². The first-order chi connectivity index (χ1) is 13.8. The molecule has 0 aliphatic carbocycles. The fraction of sp³-hybridized carbons (Fsp3) is 0.208. The van der Waals surface area contributed by atoms with Gasteiger partial charge in [0.05, 0.1) is 32.4 Å².